The molecule has 1 N–H and O–H groups in total. The first-order valence-electron chi connectivity index (χ1n) is 5.67. The van der Waals surface area contributed by atoms with E-state index < -0.39 is 0 Å². The number of nitrogens with one attached hydrogen (secondary N) is 1. The molecule has 1 heterocycles. The number of hydrogen-bond donors (Lipinski definition) is 1. The molecule has 1 saturated heterocycles. The van der Waals surface area contributed by atoms with Crippen LogP contribution in [0, 0.1) is 5.92 Å². The van der Waals surface area contributed by atoms with Gasteiger partial charge in [-0.25, -0.2) is 0 Å². The SMILES string of the molecule is CC1CCOC1CNCCCN(C)C. The van der Waals surface area contributed by atoms with Gasteiger partial charge in [-0.05, 0) is 45.9 Å². The first-order valence-corrected chi connectivity index (χ1v) is 5.67. The number of ether oxygens (including phenoxy) is 1. The van der Waals surface area contributed by atoms with Gasteiger partial charge in [0, 0.05) is 13.2 Å². The summed E-state index contributed by atoms with van der Waals surface area (Å²) in [7, 11) is 4.23. The first-order chi connectivity index (χ1) is 6.70. The fourth-order valence-corrected chi connectivity index (χ4v) is 1.78. The highest BCUT2D eigenvalue weighted by Crippen LogP contribution is 2.18. The van der Waals surface area contributed by atoms with Crippen molar-refractivity contribution in [2.45, 2.75) is 25.9 Å². The summed E-state index contributed by atoms with van der Waals surface area (Å²) in [6.07, 6.45) is 2.90. The summed E-state index contributed by atoms with van der Waals surface area (Å²) in [5.74, 6) is 0.733. The fourth-order valence-electron chi connectivity index (χ4n) is 1.78. The van der Waals surface area contributed by atoms with Gasteiger partial charge in [-0.2, -0.15) is 0 Å². The molecule has 3 nitrogen and oxygen atoms in total. The lowest BCUT2D eigenvalue weighted by molar-refractivity contribution is 0.0933. The van der Waals surface area contributed by atoms with Crippen molar-refractivity contribution in [2.24, 2.45) is 5.92 Å². The third kappa shape index (κ3) is 4.40. The number of nitrogens with zero attached hydrogens (tertiary/aromatic N) is 1. The molecule has 0 aromatic heterocycles. The predicted octanol–water partition coefficient (Wildman–Crippen LogP) is 0.953. The lowest BCUT2D eigenvalue weighted by Crippen LogP contribution is -2.31. The van der Waals surface area contributed by atoms with Gasteiger partial charge in [0.25, 0.3) is 0 Å². The topological polar surface area (TPSA) is 24.5 Å². The van der Waals surface area contributed by atoms with Gasteiger partial charge in [-0.3, -0.25) is 0 Å². The number of rotatable bonds is 6. The van der Waals surface area contributed by atoms with Crippen LogP contribution in [0.5, 0.6) is 0 Å². The Balaban J connectivity index is 1.93. The lowest BCUT2D eigenvalue weighted by atomic mass is 10.0. The van der Waals surface area contributed by atoms with E-state index in [1.54, 1.807) is 0 Å². The zero-order valence-corrected chi connectivity index (χ0v) is 9.75. The Kier molecular flexibility index (Phi) is 5.45. The van der Waals surface area contributed by atoms with Gasteiger partial charge in [-0.15, -0.1) is 0 Å². The molecule has 0 spiro atoms. The van der Waals surface area contributed by atoms with Gasteiger partial charge in [0.2, 0.25) is 0 Å². The molecule has 2 atom stereocenters. The molecule has 0 amide bonds. The summed E-state index contributed by atoms with van der Waals surface area (Å²) in [6, 6.07) is 0. The maximum absolute atomic E-state index is 5.62. The van der Waals surface area contributed by atoms with E-state index in [2.05, 4.69) is 31.2 Å². The average Bonchev–Trinajstić information content (AvgIpc) is 2.51. The van der Waals surface area contributed by atoms with Crippen LogP contribution in [0.25, 0.3) is 0 Å². The second-order valence-corrected chi connectivity index (χ2v) is 4.54. The van der Waals surface area contributed by atoms with Crippen molar-refractivity contribution in [3.05, 3.63) is 0 Å². The van der Waals surface area contributed by atoms with Gasteiger partial charge in [0.1, 0.15) is 0 Å². The monoisotopic (exact) mass is 200 g/mol. The van der Waals surface area contributed by atoms with Crippen LogP contribution < -0.4 is 5.32 Å². The molecule has 0 saturated carbocycles. The Labute approximate surface area is 87.8 Å². The van der Waals surface area contributed by atoms with E-state index in [0.29, 0.717) is 6.10 Å². The van der Waals surface area contributed by atoms with Crippen molar-refractivity contribution < 1.29 is 4.74 Å². The molecule has 0 aromatic carbocycles. The lowest BCUT2D eigenvalue weighted by Gasteiger charge is -2.15. The van der Waals surface area contributed by atoms with Crippen LogP contribution in [-0.2, 0) is 4.74 Å². The summed E-state index contributed by atoms with van der Waals surface area (Å²) in [6.45, 7) is 6.51. The van der Waals surface area contributed by atoms with Gasteiger partial charge in [0.05, 0.1) is 6.10 Å². The normalized spacial score (nSPS) is 27.4. The standard InChI is InChI=1S/C11H24N2O/c1-10-5-8-14-11(10)9-12-6-4-7-13(2)3/h10-12H,4-9H2,1-3H3. The summed E-state index contributed by atoms with van der Waals surface area (Å²) < 4.78 is 5.62. The Bertz CT molecular complexity index is 150. The third-order valence-corrected chi connectivity index (χ3v) is 2.84. The summed E-state index contributed by atoms with van der Waals surface area (Å²) in [5.41, 5.74) is 0. The van der Waals surface area contributed by atoms with E-state index in [-0.39, 0.29) is 0 Å². The van der Waals surface area contributed by atoms with Crippen LogP contribution in [0.3, 0.4) is 0 Å². The first kappa shape index (κ1) is 12.0. The Morgan fingerprint density at radius 2 is 2.21 bits per heavy atom. The molecule has 0 radical (unpaired) electrons. The zero-order chi connectivity index (χ0) is 10.4. The molecular formula is C11H24N2O. The smallest absolute Gasteiger partial charge is 0.0725 e. The highest BCUT2D eigenvalue weighted by molar-refractivity contribution is 4.74. The van der Waals surface area contributed by atoms with E-state index in [9.17, 15) is 0 Å². The second-order valence-electron chi connectivity index (χ2n) is 4.54. The zero-order valence-electron chi connectivity index (χ0n) is 9.75. The molecule has 0 aliphatic carbocycles. The van der Waals surface area contributed by atoms with Crippen molar-refractivity contribution in [1.29, 1.82) is 0 Å². The quantitative estimate of drug-likeness (QED) is 0.646. The van der Waals surface area contributed by atoms with Crippen molar-refractivity contribution in [3.8, 4) is 0 Å². The van der Waals surface area contributed by atoms with Gasteiger partial charge >= 0.3 is 0 Å². The molecule has 0 bridgehead atoms. The maximum Gasteiger partial charge on any atom is 0.0725 e. The van der Waals surface area contributed by atoms with Crippen molar-refractivity contribution in [1.82, 2.24) is 10.2 Å². The average molecular weight is 200 g/mol. The van der Waals surface area contributed by atoms with E-state index in [0.717, 1.165) is 32.2 Å². The highest BCUT2D eigenvalue weighted by atomic mass is 16.5. The maximum atomic E-state index is 5.62. The molecule has 0 aromatic rings. The Hall–Kier alpha value is -0.120. The molecule has 1 aliphatic rings. The second kappa shape index (κ2) is 6.38. The van der Waals surface area contributed by atoms with Crippen LogP contribution in [0.2, 0.25) is 0 Å². The molecule has 2 unspecified atom stereocenters. The minimum atomic E-state index is 0.453. The molecule has 3 heteroatoms. The predicted molar refractivity (Wildman–Crippen MR) is 59.6 cm³/mol. The van der Waals surface area contributed by atoms with Crippen LogP contribution in [0.1, 0.15) is 19.8 Å². The van der Waals surface area contributed by atoms with Gasteiger partial charge < -0.3 is 15.0 Å². The molecule has 84 valence electrons. The molecule has 1 aliphatic heterocycles. The fraction of sp³-hybridized carbons (Fsp3) is 1.00. The van der Waals surface area contributed by atoms with E-state index in [1.807, 2.05) is 0 Å². The van der Waals surface area contributed by atoms with Crippen molar-refractivity contribution >= 4 is 0 Å². The molecular weight excluding hydrogens is 176 g/mol. The summed E-state index contributed by atoms with van der Waals surface area (Å²) in [5, 5.41) is 3.46. The highest BCUT2D eigenvalue weighted by Gasteiger charge is 2.23. The van der Waals surface area contributed by atoms with E-state index in [4.69, 9.17) is 4.74 Å². The van der Waals surface area contributed by atoms with E-state index in [1.165, 1.54) is 12.8 Å². The molecule has 1 fully saturated rings. The number of hydrogen-bond acceptors (Lipinski definition) is 3. The largest absolute Gasteiger partial charge is 0.377 e. The van der Waals surface area contributed by atoms with Crippen LogP contribution >= 0.6 is 0 Å². The van der Waals surface area contributed by atoms with Crippen molar-refractivity contribution in [3.63, 3.8) is 0 Å². The molecule has 1 rings (SSSR count). The Morgan fingerprint density at radius 1 is 1.43 bits per heavy atom. The Morgan fingerprint density at radius 3 is 2.79 bits per heavy atom. The molecule has 14 heavy (non-hydrogen) atoms. The van der Waals surface area contributed by atoms with Crippen LogP contribution in [0.15, 0.2) is 0 Å². The van der Waals surface area contributed by atoms with E-state index >= 15 is 0 Å². The summed E-state index contributed by atoms with van der Waals surface area (Å²) in [4.78, 5) is 2.22. The van der Waals surface area contributed by atoms with Crippen LogP contribution in [-0.4, -0.2) is 51.3 Å². The van der Waals surface area contributed by atoms with Gasteiger partial charge in [-0.1, -0.05) is 6.92 Å². The van der Waals surface area contributed by atoms with Gasteiger partial charge in [0.15, 0.2) is 0 Å². The minimum Gasteiger partial charge on any atom is -0.377 e. The van der Waals surface area contributed by atoms with Crippen molar-refractivity contribution in [2.75, 3.05) is 40.3 Å². The van der Waals surface area contributed by atoms with Crippen LogP contribution in [0.4, 0.5) is 0 Å². The summed E-state index contributed by atoms with van der Waals surface area (Å²) >= 11 is 0. The minimum absolute atomic E-state index is 0.453. The third-order valence-electron chi connectivity index (χ3n) is 2.84.